The topological polar surface area (TPSA) is 92.8 Å². The molecule has 0 aromatic heterocycles. The van der Waals surface area contributed by atoms with Crippen molar-refractivity contribution in [2.24, 2.45) is 11.8 Å². The fraction of sp³-hybridized carbons (Fsp3) is 0.692. The number of fused-ring (bicyclic) bond motifs is 3. The first-order valence-electron chi connectivity index (χ1n) is 12.4. The van der Waals surface area contributed by atoms with Gasteiger partial charge in [-0.25, -0.2) is 19.4 Å². The first-order valence-corrected chi connectivity index (χ1v) is 12.4. The van der Waals surface area contributed by atoms with Crippen LogP contribution in [0.2, 0.25) is 0 Å². The fourth-order valence-electron chi connectivity index (χ4n) is 5.49. The summed E-state index contributed by atoms with van der Waals surface area (Å²) >= 11 is 0. The second-order valence-electron chi connectivity index (χ2n) is 10.1. The molecule has 1 aliphatic carbocycles. The third-order valence-corrected chi connectivity index (χ3v) is 7.46. The van der Waals surface area contributed by atoms with Gasteiger partial charge in [0.15, 0.2) is 11.9 Å². The van der Waals surface area contributed by atoms with E-state index in [2.05, 4.69) is 0 Å². The highest BCUT2D eigenvalue weighted by atomic mass is 17.3. The summed E-state index contributed by atoms with van der Waals surface area (Å²) in [4.78, 5) is 38.5. The smallest absolute Gasteiger partial charge is 0.338 e. The maximum absolute atomic E-state index is 12.6. The molecule has 3 aliphatic heterocycles. The summed E-state index contributed by atoms with van der Waals surface area (Å²) < 4.78 is 22.7. The van der Waals surface area contributed by atoms with E-state index in [1.807, 2.05) is 25.9 Å². The minimum absolute atomic E-state index is 0.0703. The Kier molecular flexibility index (Phi) is 8.12. The molecule has 0 radical (unpaired) electrons. The Morgan fingerprint density at radius 1 is 1.00 bits per heavy atom. The van der Waals surface area contributed by atoms with E-state index in [9.17, 15) is 9.59 Å². The zero-order chi connectivity index (χ0) is 25.1. The molecule has 0 N–H and O–H groups in total. The number of esters is 2. The molecule has 0 unspecified atom stereocenters. The van der Waals surface area contributed by atoms with Crippen LogP contribution in [0.25, 0.3) is 0 Å². The number of benzene rings is 1. The van der Waals surface area contributed by atoms with Gasteiger partial charge in [-0.05, 0) is 82.8 Å². The van der Waals surface area contributed by atoms with E-state index in [1.165, 1.54) is 0 Å². The predicted molar refractivity (Wildman–Crippen MR) is 125 cm³/mol. The quantitative estimate of drug-likeness (QED) is 0.380. The number of carbonyl (C=O) groups excluding carboxylic acids is 2. The van der Waals surface area contributed by atoms with Crippen LogP contribution in [-0.2, 0) is 28.7 Å². The molecule has 4 aliphatic rings. The van der Waals surface area contributed by atoms with Crippen molar-refractivity contribution in [2.75, 3.05) is 41.0 Å². The van der Waals surface area contributed by atoms with Crippen molar-refractivity contribution in [3.63, 3.8) is 0 Å². The molecule has 9 heteroatoms. The SMILES string of the molecule is CO[C@H]1O[C@@]2(C)CC[C@H]3CCC[C@@H](CCOC(=O)c4ccc(C(=O)OCCN(C)C)cc4)[C@]31OO2. The van der Waals surface area contributed by atoms with E-state index in [1.54, 1.807) is 31.4 Å². The predicted octanol–water partition coefficient (Wildman–Crippen LogP) is 3.57. The normalized spacial score (nSPS) is 32.1. The molecule has 1 aromatic carbocycles. The van der Waals surface area contributed by atoms with Crippen LogP contribution in [0.15, 0.2) is 24.3 Å². The summed E-state index contributed by atoms with van der Waals surface area (Å²) in [5.74, 6) is -1.32. The number of hydrogen-bond donors (Lipinski definition) is 0. The van der Waals surface area contributed by atoms with Gasteiger partial charge < -0.3 is 23.8 Å². The lowest BCUT2D eigenvalue weighted by Crippen LogP contribution is -2.63. The Morgan fingerprint density at radius 3 is 2.29 bits per heavy atom. The van der Waals surface area contributed by atoms with Gasteiger partial charge in [-0.1, -0.05) is 6.42 Å². The van der Waals surface area contributed by atoms with Crippen LogP contribution in [-0.4, -0.2) is 75.5 Å². The second-order valence-corrected chi connectivity index (χ2v) is 10.1. The molecule has 2 bridgehead atoms. The van der Waals surface area contributed by atoms with Gasteiger partial charge in [0.2, 0.25) is 5.79 Å². The average molecular weight is 492 g/mol. The van der Waals surface area contributed by atoms with Crippen LogP contribution in [0.1, 0.15) is 66.2 Å². The summed E-state index contributed by atoms with van der Waals surface area (Å²) in [7, 11) is 5.45. The van der Waals surface area contributed by atoms with Crippen molar-refractivity contribution in [3.8, 4) is 0 Å². The lowest BCUT2D eigenvalue weighted by Gasteiger charge is -2.53. The molecule has 3 heterocycles. The molecule has 35 heavy (non-hydrogen) atoms. The van der Waals surface area contributed by atoms with Gasteiger partial charge in [-0.2, -0.15) is 0 Å². The van der Waals surface area contributed by atoms with E-state index in [0.717, 1.165) is 32.1 Å². The van der Waals surface area contributed by atoms with Gasteiger partial charge >= 0.3 is 11.9 Å². The van der Waals surface area contributed by atoms with E-state index >= 15 is 0 Å². The van der Waals surface area contributed by atoms with E-state index < -0.39 is 29.6 Å². The van der Waals surface area contributed by atoms with Crippen LogP contribution < -0.4 is 0 Å². The molecule has 1 aromatic rings. The van der Waals surface area contributed by atoms with E-state index in [4.69, 9.17) is 28.7 Å². The van der Waals surface area contributed by atoms with Crippen molar-refractivity contribution in [2.45, 2.75) is 63.1 Å². The molecule has 194 valence electrons. The molecule has 0 amide bonds. The first kappa shape index (κ1) is 26.0. The van der Waals surface area contributed by atoms with Crippen molar-refractivity contribution >= 4 is 11.9 Å². The van der Waals surface area contributed by atoms with Crippen LogP contribution >= 0.6 is 0 Å². The molecule has 3 saturated heterocycles. The standard InChI is InChI=1S/C26H37NO8/c1-25-14-12-20-6-5-7-21(26(20,35-34-25)24(30-4)33-25)13-16-31-22(28)18-8-10-19(11-9-18)23(29)32-17-15-27(2)3/h8-11,20-21,24H,5-7,12-17H2,1-4H3/t20-,21+,24+,25-,26-/m1/s1. The number of likely N-dealkylation sites (N-methyl/N-ethyl adjacent to an activating group) is 1. The molecular weight excluding hydrogens is 454 g/mol. The van der Waals surface area contributed by atoms with Crippen LogP contribution in [0.3, 0.4) is 0 Å². The average Bonchev–Trinajstić information content (AvgIpc) is 3.08. The highest BCUT2D eigenvalue weighted by Crippen LogP contribution is 2.55. The lowest BCUT2D eigenvalue weighted by molar-refractivity contribution is -0.554. The Bertz CT molecular complexity index is 890. The molecular formula is C26H37NO8. The van der Waals surface area contributed by atoms with Gasteiger partial charge in [0.1, 0.15) is 6.61 Å². The summed E-state index contributed by atoms with van der Waals surface area (Å²) in [6.07, 6.45) is 4.80. The first-order chi connectivity index (χ1) is 16.8. The van der Waals surface area contributed by atoms with Gasteiger partial charge in [-0.15, -0.1) is 0 Å². The minimum Gasteiger partial charge on any atom is -0.462 e. The monoisotopic (exact) mass is 491 g/mol. The molecule has 9 nitrogen and oxygen atoms in total. The minimum atomic E-state index is -0.800. The number of carbonyl (C=O) groups is 2. The zero-order valence-corrected chi connectivity index (χ0v) is 21.1. The van der Waals surface area contributed by atoms with Gasteiger partial charge in [0, 0.05) is 20.1 Å². The van der Waals surface area contributed by atoms with Crippen LogP contribution in [0.4, 0.5) is 0 Å². The molecule has 1 saturated carbocycles. The summed E-state index contributed by atoms with van der Waals surface area (Å²) in [5, 5.41) is 0. The lowest BCUT2D eigenvalue weighted by atomic mass is 9.65. The largest absolute Gasteiger partial charge is 0.462 e. The third kappa shape index (κ3) is 5.54. The zero-order valence-electron chi connectivity index (χ0n) is 21.1. The molecule has 4 fully saturated rings. The number of hydrogen-bond acceptors (Lipinski definition) is 9. The van der Waals surface area contributed by atoms with E-state index in [0.29, 0.717) is 30.7 Å². The number of methoxy groups -OCH3 is 1. The maximum Gasteiger partial charge on any atom is 0.338 e. The third-order valence-electron chi connectivity index (χ3n) is 7.46. The summed E-state index contributed by atoms with van der Waals surface area (Å²) in [6.45, 7) is 3.08. The Hall–Kier alpha value is -2.04. The van der Waals surface area contributed by atoms with Gasteiger partial charge in [0.05, 0.1) is 17.7 Å². The number of rotatable bonds is 9. The molecule has 5 rings (SSSR count). The van der Waals surface area contributed by atoms with E-state index in [-0.39, 0.29) is 18.4 Å². The van der Waals surface area contributed by atoms with Crippen LogP contribution in [0.5, 0.6) is 0 Å². The number of ether oxygens (including phenoxy) is 4. The van der Waals surface area contributed by atoms with Crippen molar-refractivity contribution in [1.29, 1.82) is 0 Å². The second kappa shape index (κ2) is 10.9. The van der Waals surface area contributed by atoms with Crippen molar-refractivity contribution < 1.29 is 38.3 Å². The Morgan fingerprint density at radius 2 is 1.66 bits per heavy atom. The highest BCUT2D eigenvalue weighted by molar-refractivity contribution is 5.93. The van der Waals surface area contributed by atoms with Crippen molar-refractivity contribution in [3.05, 3.63) is 35.4 Å². The fourth-order valence-corrected chi connectivity index (χ4v) is 5.49. The van der Waals surface area contributed by atoms with Gasteiger partial charge in [0.25, 0.3) is 0 Å². The summed E-state index contributed by atoms with van der Waals surface area (Å²) in [5.41, 5.74) is 0.0764. The summed E-state index contributed by atoms with van der Waals surface area (Å²) in [6, 6.07) is 6.32. The van der Waals surface area contributed by atoms with Gasteiger partial charge in [-0.3, -0.25) is 0 Å². The molecule has 5 atom stereocenters. The Labute approximate surface area is 206 Å². The van der Waals surface area contributed by atoms with Crippen molar-refractivity contribution in [1.82, 2.24) is 4.90 Å². The highest BCUT2D eigenvalue weighted by Gasteiger charge is 2.63. The van der Waals surface area contributed by atoms with Crippen LogP contribution in [0, 0.1) is 11.8 Å². The Balaban J connectivity index is 1.33. The number of nitrogens with zero attached hydrogens (tertiary/aromatic N) is 1. The maximum atomic E-state index is 12.6. The molecule has 1 spiro atoms.